The first-order chi connectivity index (χ1) is 9.92. The number of ether oxygens (including phenoxy) is 2. The van der Waals surface area contributed by atoms with Gasteiger partial charge in [0.15, 0.2) is 0 Å². The highest BCUT2D eigenvalue weighted by atomic mass is 19.4. The van der Waals surface area contributed by atoms with Crippen molar-refractivity contribution in [3.8, 4) is 11.6 Å². The van der Waals surface area contributed by atoms with Crippen molar-refractivity contribution in [1.29, 1.82) is 0 Å². The Morgan fingerprint density at radius 1 is 1.10 bits per heavy atom. The smallest absolute Gasteiger partial charge is 0.480 e. The van der Waals surface area contributed by atoms with Gasteiger partial charge in [-0.3, -0.25) is 4.79 Å². The lowest BCUT2D eigenvalue weighted by molar-refractivity contribution is -0.274. The van der Waals surface area contributed by atoms with Gasteiger partial charge in [-0.25, -0.2) is 4.98 Å². The Labute approximate surface area is 118 Å². The highest BCUT2D eigenvalue weighted by Gasteiger charge is 2.33. The van der Waals surface area contributed by atoms with Crippen LogP contribution < -0.4 is 9.47 Å². The fourth-order valence-corrected chi connectivity index (χ4v) is 1.74. The van der Waals surface area contributed by atoms with E-state index in [1.165, 1.54) is 43.6 Å². The summed E-state index contributed by atoms with van der Waals surface area (Å²) in [6.07, 6.45) is -3.47. The molecule has 1 heterocycles. The van der Waals surface area contributed by atoms with Crippen LogP contribution in [-0.2, 0) is 0 Å². The normalized spacial score (nSPS) is 11.0. The van der Waals surface area contributed by atoms with E-state index in [9.17, 15) is 18.0 Å². The number of pyridine rings is 1. The maximum atomic E-state index is 12.4. The number of benzene rings is 1. The van der Waals surface area contributed by atoms with E-state index in [2.05, 4.69) is 9.72 Å². The number of methoxy groups -OCH3 is 1. The van der Waals surface area contributed by atoms with Gasteiger partial charge in [-0.1, -0.05) is 12.1 Å². The molecule has 0 aliphatic rings. The van der Waals surface area contributed by atoms with Crippen LogP contribution in [0.3, 0.4) is 0 Å². The van der Waals surface area contributed by atoms with Gasteiger partial charge in [-0.15, -0.1) is 13.2 Å². The molecule has 0 saturated carbocycles. The Kier molecular flexibility index (Phi) is 4.11. The minimum atomic E-state index is -4.88. The van der Waals surface area contributed by atoms with E-state index in [-0.39, 0.29) is 17.0 Å². The molecule has 0 fully saturated rings. The van der Waals surface area contributed by atoms with Gasteiger partial charge < -0.3 is 9.47 Å². The number of hydrogen-bond donors (Lipinski definition) is 0. The zero-order valence-corrected chi connectivity index (χ0v) is 10.8. The number of carbonyl (C=O) groups excluding carboxylic acids is 1. The quantitative estimate of drug-likeness (QED) is 0.813. The van der Waals surface area contributed by atoms with Gasteiger partial charge in [0, 0.05) is 6.20 Å². The van der Waals surface area contributed by atoms with Crippen LogP contribution in [0.4, 0.5) is 13.2 Å². The third-order valence-electron chi connectivity index (χ3n) is 2.57. The molecule has 4 nitrogen and oxygen atoms in total. The molecule has 0 amide bonds. The number of ketones is 1. The molecular formula is C14H10F3NO3. The molecule has 21 heavy (non-hydrogen) atoms. The van der Waals surface area contributed by atoms with Gasteiger partial charge in [-0.05, 0) is 24.3 Å². The van der Waals surface area contributed by atoms with Crippen LogP contribution in [0.15, 0.2) is 42.6 Å². The molecule has 1 aromatic carbocycles. The summed E-state index contributed by atoms with van der Waals surface area (Å²) in [6, 6.07) is 8.01. The molecule has 1 aromatic heterocycles. The Morgan fingerprint density at radius 2 is 1.76 bits per heavy atom. The van der Waals surface area contributed by atoms with E-state index in [4.69, 9.17) is 4.74 Å². The number of halogens is 3. The lowest BCUT2D eigenvalue weighted by Gasteiger charge is -2.13. The van der Waals surface area contributed by atoms with E-state index in [0.29, 0.717) is 0 Å². The zero-order chi connectivity index (χ0) is 15.5. The van der Waals surface area contributed by atoms with Gasteiger partial charge in [0.2, 0.25) is 11.7 Å². The standard InChI is InChI=1S/C14H10F3NO3/c1-20-13-10(6-4-8-18-13)12(19)9-5-2-3-7-11(9)21-14(15,16)17/h2-8H,1H3. The molecule has 7 heteroatoms. The fraction of sp³-hybridized carbons (Fsp3) is 0.143. The van der Waals surface area contributed by atoms with Crippen molar-refractivity contribution < 1.29 is 27.4 Å². The van der Waals surface area contributed by atoms with Crippen LogP contribution in [0.5, 0.6) is 11.6 Å². The maximum absolute atomic E-state index is 12.4. The number of hydrogen-bond acceptors (Lipinski definition) is 4. The molecule has 0 aliphatic carbocycles. The van der Waals surface area contributed by atoms with Crippen LogP contribution in [-0.4, -0.2) is 24.2 Å². The Morgan fingerprint density at radius 3 is 2.43 bits per heavy atom. The molecule has 0 bridgehead atoms. The first kappa shape index (κ1) is 14.8. The summed E-state index contributed by atoms with van der Waals surface area (Å²) >= 11 is 0. The number of carbonyl (C=O) groups is 1. The minimum Gasteiger partial charge on any atom is -0.480 e. The van der Waals surface area contributed by atoms with Crippen LogP contribution in [0, 0.1) is 0 Å². The molecule has 0 radical (unpaired) electrons. The van der Waals surface area contributed by atoms with Gasteiger partial charge in [0.05, 0.1) is 18.2 Å². The second kappa shape index (κ2) is 5.82. The predicted octanol–water partition coefficient (Wildman–Crippen LogP) is 3.22. The predicted molar refractivity (Wildman–Crippen MR) is 67.3 cm³/mol. The van der Waals surface area contributed by atoms with Gasteiger partial charge >= 0.3 is 6.36 Å². The number of aromatic nitrogens is 1. The van der Waals surface area contributed by atoms with Crippen molar-refractivity contribution >= 4 is 5.78 Å². The average molecular weight is 297 g/mol. The average Bonchev–Trinajstić information content (AvgIpc) is 2.45. The molecule has 0 aliphatic heterocycles. The van der Waals surface area contributed by atoms with E-state index in [0.717, 1.165) is 6.07 Å². The molecule has 110 valence electrons. The van der Waals surface area contributed by atoms with Crippen molar-refractivity contribution in [3.63, 3.8) is 0 Å². The SMILES string of the molecule is COc1ncccc1C(=O)c1ccccc1OC(F)(F)F. The van der Waals surface area contributed by atoms with Crippen LogP contribution in [0.25, 0.3) is 0 Å². The van der Waals surface area contributed by atoms with Crippen molar-refractivity contribution in [1.82, 2.24) is 4.98 Å². The van der Waals surface area contributed by atoms with E-state index in [1.807, 2.05) is 0 Å². The van der Waals surface area contributed by atoms with Crippen molar-refractivity contribution in [2.45, 2.75) is 6.36 Å². The summed E-state index contributed by atoms with van der Waals surface area (Å²) in [5.41, 5.74) is -0.167. The molecule has 0 unspecified atom stereocenters. The van der Waals surface area contributed by atoms with Gasteiger partial charge in [0.1, 0.15) is 5.75 Å². The minimum absolute atomic E-state index is 0.0318. The number of nitrogens with zero attached hydrogens (tertiary/aromatic N) is 1. The van der Waals surface area contributed by atoms with E-state index >= 15 is 0 Å². The number of rotatable bonds is 4. The molecule has 2 aromatic rings. The largest absolute Gasteiger partial charge is 0.573 e. The summed E-state index contributed by atoms with van der Waals surface area (Å²) in [7, 11) is 1.32. The highest BCUT2D eigenvalue weighted by molar-refractivity contribution is 6.12. The van der Waals surface area contributed by atoms with Crippen molar-refractivity contribution in [2.75, 3.05) is 7.11 Å². The lowest BCUT2D eigenvalue weighted by atomic mass is 10.0. The summed E-state index contributed by atoms with van der Waals surface area (Å²) in [5, 5.41) is 0. The molecule has 0 N–H and O–H groups in total. The first-order valence-electron chi connectivity index (χ1n) is 5.81. The first-order valence-corrected chi connectivity index (χ1v) is 5.81. The molecule has 2 rings (SSSR count). The molecular weight excluding hydrogens is 287 g/mol. The Bertz CT molecular complexity index is 656. The lowest BCUT2D eigenvalue weighted by Crippen LogP contribution is -2.19. The molecule has 0 spiro atoms. The fourth-order valence-electron chi connectivity index (χ4n) is 1.74. The summed E-state index contributed by atoms with van der Waals surface area (Å²) in [6.45, 7) is 0. The monoisotopic (exact) mass is 297 g/mol. The van der Waals surface area contributed by atoms with Crippen molar-refractivity contribution in [2.24, 2.45) is 0 Å². The van der Waals surface area contributed by atoms with Crippen LogP contribution >= 0.6 is 0 Å². The number of para-hydroxylation sites is 1. The van der Waals surface area contributed by atoms with E-state index < -0.39 is 17.9 Å². The molecule has 0 saturated heterocycles. The summed E-state index contributed by atoms with van der Waals surface area (Å²) in [4.78, 5) is 16.2. The third kappa shape index (κ3) is 3.50. The van der Waals surface area contributed by atoms with Gasteiger partial charge in [0.25, 0.3) is 0 Å². The van der Waals surface area contributed by atoms with Gasteiger partial charge in [-0.2, -0.15) is 0 Å². The van der Waals surface area contributed by atoms with Crippen molar-refractivity contribution in [3.05, 3.63) is 53.7 Å². The summed E-state index contributed by atoms with van der Waals surface area (Å²) < 4.78 is 45.9. The van der Waals surface area contributed by atoms with Crippen LogP contribution in [0.2, 0.25) is 0 Å². The maximum Gasteiger partial charge on any atom is 0.573 e. The van der Waals surface area contributed by atoms with E-state index in [1.54, 1.807) is 0 Å². The topological polar surface area (TPSA) is 48.4 Å². The van der Waals surface area contributed by atoms with Crippen LogP contribution in [0.1, 0.15) is 15.9 Å². The summed E-state index contributed by atoms with van der Waals surface area (Å²) in [5.74, 6) is -1.20. The highest BCUT2D eigenvalue weighted by Crippen LogP contribution is 2.29. The second-order valence-corrected chi connectivity index (χ2v) is 3.93. The third-order valence-corrected chi connectivity index (χ3v) is 2.57. The molecule has 0 atom stereocenters. The Balaban J connectivity index is 2.44. The second-order valence-electron chi connectivity index (χ2n) is 3.93. The zero-order valence-electron chi connectivity index (χ0n) is 10.8. The Hall–Kier alpha value is -2.57. The number of alkyl halides is 3.